The van der Waals surface area contributed by atoms with Crippen LogP contribution >= 0.6 is 21.6 Å². The Morgan fingerprint density at radius 1 is 0.833 bits per heavy atom. The molecule has 0 bridgehead atoms. The van der Waals surface area contributed by atoms with Gasteiger partial charge in [0.05, 0.1) is 24.4 Å². The molecule has 1 saturated carbocycles. The van der Waals surface area contributed by atoms with Gasteiger partial charge in [-0.15, -0.1) is 0 Å². The van der Waals surface area contributed by atoms with Crippen LogP contribution in [0.25, 0.3) is 0 Å². The first-order valence-corrected chi connectivity index (χ1v) is 31.6. The zero-order valence-corrected chi connectivity index (χ0v) is 46.7. The van der Waals surface area contributed by atoms with Crippen molar-refractivity contribution in [1.82, 2.24) is 10.3 Å². The second-order valence-corrected chi connectivity index (χ2v) is 26.5. The summed E-state index contributed by atoms with van der Waals surface area (Å²) in [7, 11) is 3.25. The van der Waals surface area contributed by atoms with Crippen LogP contribution in [0.4, 0.5) is 0 Å². The van der Waals surface area contributed by atoms with Crippen molar-refractivity contribution in [3.63, 3.8) is 0 Å². The monoisotopic (exact) mass is 1100 g/mol. The molecule has 78 heavy (non-hydrogen) atoms. The molecule has 7 aliphatic rings. The zero-order chi connectivity index (χ0) is 54.1. The first-order chi connectivity index (χ1) is 37.9. The molecule has 3 aromatic carbocycles. The lowest BCUT2D eigenvalue weighted by Gasteiger charge is -2.54. The summed E-state index contributed by atoms with van der Waals surface area (Å²) in [6.45, 7) is 2.48. The minimum atomic E-state index is -1.08. The number of aromatic nitrogens is 1. The molecule has 2 fully saturated rings. The number of rotatable bonds is 8. The Balaban J connectivity index is 0.974. The maximum absolute atomic E-state index is 12.7. The molecule has 2 aliphatic heterocycles. The number of aliphatic hydroxyl groups excluding tert-OH is 6. The number of ether oxygens (including phenoxy) is 1. The normalized spacial score (nSPS) is 35.2. The standard InChI is InChI=1S/C65H81N3O8S2/c1-2-38-24-43-28-58(73)60(76-61-29-44(25-46-15-9-22-67-46)48-20-23-68-64(66)55(48)37-78-77-36-45(34-69)63(61)75)31-51(43)53-30-59(74)62-42(27-50(38)53)19-21-65(32-47(71)17-18-57(62)72)33-54(40-11-4-3-5-12-40)52-26-41-13-7-6-10-39(41)14-8-16-49(52)56(65)35-70/h3-7,9-13,15,20,22,27-28,31,38,42,44-45,47,49,52-54,56-57,59,61-63,67-75H,2,8,14,16-18,23-26,29-30,32-37,66H2,1H3. The van der Waals surface area contributed by atoms with Gasteiger partial charge < -0.3 is 56.5 Å². The number of dihydropyridines is 1. The number of aliphatic hydroxyl groups is 6. The number of aromatic hydroxyl groups is 1. The fraction of sp³-hybridized carbons (Fsp3) is 0.538. The minimum absolute atomic E-state index is 0.0289. The lowest BCUT2D eigenvalue weighted by molar-refractivity contribution is -0.0489. The van der Waals surface area contributed by atoms with Crippen LogP contribution in [0.3, 0.4) is 0 Å². The Labute approximate surface area is 469 Å². The fourth-order valence-electron chi connectivity index (χ4n) is 15.7. The van der Waals surface area contributed by atoms with Crippen molar-refractivity contribution in [1.29, 1.82) is 0 Å². The van der Waals surface area contributed by atoms with Gasteiger partial charge in [-0.25, -0.2) is 0 Å². The largest absolute Gasteiger partial charge is 0.504 e. The van der Waals surface area contributed by atoms with Gasteiger partial charge in [-0.2, -0.15) is 0 Å². The Morgan fingerprint density at radius 2 is 1.65 bits per heavy atom. The molecule has 1 spiro atoms. The van der Waals surface area contributed by atoms with Crippen molar-refractivity contribution < 1.29 is 40.5 Å². The van der Waals surface area contributed by atoms with E-state index in [4.69, 9.17) is 10.5 Å². The summed E-state index contributed by atoms with van der Waals surface area (Å²) in [6, 6.07) is 27.4. The van der Waals surface area contributed by atoms with Gasteiger partial charge >= 0.3 is 0 Å². The van der Waals surface area contributed by atoms with Crippen molar-refractivity contribution in [3.05, 3.63) is 153 Å². The van der Waals surface area contributed by atoms with E-state index < -0.39 is 53.7 Å². The van der Waals surface area contributed by atoms with Gasteiger partial charge in [0.25, 0.3) is 0 Å². The number of phenolic OH excluding ortho intramolecular Hbond substituents is 1. The van der Waals surface area contributed by atoms with Crippen LogP contribution in [0.2, 0.25) is 0 Å². The SMILES string of the molecule is CCC1Cc2cc(O)c(OC3CC(Cc4ccc[nH]4)C4=CCNC(N)=C4CSSCC(CO)C3O)cc2C2CC(O)C3C(C#CC4(CC(O)CCC3O)CC(c3ccccc3)C3Cc5ccccc5CCCC3C4CO)C=C12. The highest BCUT2D eigenvalue weighted by Gasteiger charge is 2.54. The summed E-state index contributed by atoms with van der Waals surface area (Å²) in [5, 5.41) is 87.3. The van der Waals surface area contributed by atoms with Crippen molar-refractivity contribution in [2.24, 2.45) is 58.5 Å². The molecular formula is C65H81N3O8S2. The van der Waals surface area contributed by atoms with Crippen LogP contribution in [0.1, 0.15) is 110 Å². The average molecular weight is 1100 g/mol. The Morgan fingerprint density at radius 3 is 2.44 bits per heavy atom. The highest BCUT2D eigenvalue weighted by atomic mass is 33.1. The molecule has 13 heteroatoms. The molecule has 16 unspecified atom stereocenters. The van der Waals surface area contributed by atoms with Crippen molar-refractivity contribution >= 4 is 21.6 Å². The number of hydrogen-bond donors (Lipinski definition) is 10. The van der Waals surface area contributed by atoms with Crippen LogP contribution in [0, 0.1) is 64.6 Å². The Kier molecular flexibility index (Phi) is 17.2. The quantitative estimate of drug-likeness (QED) is 0.0457. The summed E-state index contributed by atoms with van der Waals surface area (Å²) in [5.41, 5.74) is 16.2. The van der Waals surface area contributed by atoms with Gasteiger partial charge in [-0.1, -0.05) is 113 Å². The number of fused-ring (bicyclic) bond motifs is 7. The predicted molar refractivity (Wildman–Crippen MR) is 310 cm³/mol. The molecule has 4 aromatic rings. The minimum Gasteiger partial charge on any atom is -0.504 e. The lowest BCUT2D eigenvalue weighted by atomic mass is 9.50. The van der Waals surface area contributed by atoms with E-state index in [1.807, 2.05) is 24.4 Å². The third-order valence-electron chi connectivity index (χ3n) is 19.6. The van der Waals surface area contributed by atoms with Crippen molar-refractivity contribution in [2.75, 3.05) is 31.3 Å². The van der Waals surface area contributed by atoms with Gasteiger partial charge in [-0.3, -0.25) is 0 Å². The maximum atomic E-state index is 12.7. The summed E-state index contributed by atoms with van der Waals surface area (Å²) in [4.78, 5) is 3.38. The van der Waals surface area contributed by atoms with E-state index in [0.29, 0.717) is 75.2 Å². The lowest BCUT2D eigenvalue weighted by Crippen LogP contribution is -2.50. The third kappa shape index (κ3) is 11.2. The number of nitrogens with one attached hydrogen (secondary N) is 2. The average Bonchev–Trinajstić information content (AvgIpc) is 3.91. The second kappa shape index (κ2) is 24.2. The highest BCUT2D eigenvalue weighted by molar-refractivity contribution is 8.76. The van der Waals surface area contributed by atoms with E-state index in [9.17, 15) is 35.7 Å². The summed E-state index contributed by atoms with van der Waals surface area (Å²) in [6.07, 6.45) is 10.2. The molecule has 5 aliphatic carbocycles. The number of hydrogen-bond acceptors (Lipinski definition) is 12. The predicted octanol–water partition coefficient (Wildman–Crippen LogP) is 8.87. The van der Waals surface area contributed by atoms with Gasteiger partial charge in [0.2, 0.25) is 0 Å². The first-order valence-electron chi connectivity index (χ1n) is 29.1. The van der Waals surface area contributed by atoms with Crippen LogP contribution in [-0.2, 0) is 25.7 Å². The zero-order valence-electron chi connectivity index (χ0n) is 45.1. The van der Waals surface area contributed by atoms with Gasteiger partial charge in [0.15, 0.2) is 11.5 Å². The summed E-state index contributed by atoms with van der Waals surface area (Å²) < 4.78 is 6.98. The fourth-order valence-corrected chi connectivity index (χ4v) is 18.2. The van der Waals surface area contributed by atoms with E-state index in [0.717, 1.165) is 65.6 Å². The number of nitrogens with two attached hydrogens (primary N) is 1. The van der Waals surface area contributed by atoms with Gasteiger partial charge in [-0.05, 0) is 171 Å². The Hall–Kier alpha value is -4.62. The van der Waals surface area contributed by atoms with E-state index >= 15 is 0 Å². The molecule has 0 amide bonds. The Bertz CT molecular complexity index is 2880. The van der Waals surface area contributed by atoms with Crippen molar-refractivity contribution in [2.45, 2.75) is 133 Å². The van der Waals surface area contributed by atoms with E-state index in [2.05, 4.69) is 102 Å². The number of phenols is 1. The number of allylic oxidation sites excluding steroid dienone is 3. The molecule has 1 saturated heterocycles. The van der Waals surface area contributed by atoms with Gasteiger partial charge in [0, 0.05) is 83.7 Å². The van der Waals surface area contributed by atoms with Crippen LogP contribution < -0.4 is 15.8 Å². The maximum Gasteiger partial charge on any atom is 0.161 e. The molecule has 16 atom stereocenters. The van der Waals surface area contributed by atoms with Crippen molar-refractivity contribution in [3.8, 4) is 23.3 Å². The van der Waals surface area contributed by atoms with E-state index in [1.54, 1.807) is 21.6 Å². The molecule has 1 aromatic heterocycles. The van der Waals surface area contributed by atoms with Gasteiger partial charge in [0.1, 0.15) is 11.9 Å². The molecular weight excluding hydrogens is 1010 g/mol. The molecule has 11 rings (SSSR count). The number of aryl methyl sites for hydroxylation is 1. The molecule has 416 valence electrons. The molecule has 3 heterocycles. The second-order valence-electron chi connectivity index (χ2n) is 24.0. The first kappa shape index (κ1) is 55.3. The molecule has 0 radical (unpaired) electrons. The molecule has 11 nitrogen and oxygen atoms in total. The summed E-state index contributed by atoms with van der Waals surface area (Å²) >= 11 is 0. The molecule has 11 N–H and O–H groups in total. The number of benzene rings is 3. The van der Waals surface area contributed by atoms with Crippen LogP contribution in [0.15, 0.2) is 120 Å². The highest BCUT2D eigenvalue weighted by Crippen LogP contribution is 2.59. The van der Waals surface area contributed by atoms with E-state index in [1.165, 1.54) is 16.7 Å². The van der Waals surface area contributed by atoms with Crippen LogP contribution in [0.5, 0.6) is 11.5 Å². The van der Waals surface area contributed by atoms with Crippen LogP contribution in [-0.4, -0.2) is 103 Å². The number of H-pyrrole nitrogens is 1. The topological polar surface area (TPSA) is 205 Å². The smallest absolute Gasteiger partial charge is 0.161 e. The number of aromatic amines is 1. The third-order valence-corrected chi connectivity index (χ3v) is 22.0. The summed E-state index contributed by atoms with van der Waals surface area (Å²) in [5.74, 6) is 8.12. The van der Waals surface area contributed by atoms with E-state index in [-0.39, 0.29) is 66.1 Å².